The van der Waals surface area contributed by atoms with Gasteiger partial charge in [-0.25, -0.2) is 13.9 Å². The first-order valence-corrected chi connectivity index (χ1v) is 11.3. The molecule has 2 heterocycles. The minimum Gasteiger partial charge on any atom is -0.464 e. The molecule has 0 spiro atoms. The summed E-state index contributed by atoms with van der Waals surface area (Å²) in [4.78, 5) is 26.9. The number of nitrogens with zero attached hydrogens (tertiary/aromatic N) is 4. The number of benzene rings is 2. The number of esters is 1. The van der Waals surface area contributed by atoms with E-state index in [4.69, 9.17) is 16.3 Å². The van der Waals surface area contributed by atoms with Crippen molar-refractivity contribution in [3.8, 4) is 0 Å². The molecule has 0 unspecified atom stereocenters. The highest BCUT2D eigenvalue weighted by Crippen LogP contribution is 2.29. The maximum absolute atomic E-state index is 13.7. The van der Waals surface area contributed by atoms with Gasteiger partial charge in [-0.1, -0.05) is 41.1 Å². The van der Waals surface area contributed by atoms with Crippen molar-refractivity contribution in [2.75, 3.05) is 20.2 Å². The van der Waals surface area contributed by atoms with E-state index in [0.29, 0.717) is 37.5 Å². The van der Waals surface area contributed by atoms with Gasteiger partial charge in [0.15, 0.2) is 5.69 Å². The number of aromatic nitrogens is 3. The molecule has 178 valence electrons. The van der Waals surface area contributed by atoms with E-state index in [2.05, 4.69) is 15.6 Å². The van der Waals surface area contributed by atoms with Crippen LogP contribution < -0.4 is 5.32 Å². The molecule has 2 aromatic carbocycles. The molecule has 10 heteroatoms. The van der Waals surface area contributed by atoms with Crippen molar-refractivity contribution >= 4 is 23.5 Å². The van der Waals surface area contributed by atoms with E-state index in [-0.39, 0.29) is 23.5 Å². The molecule has 0 bridgehead atoms. The molecule has 2 atom stereocenters. The predicted molar refractivity (Wildman–Crippen MR) is 124 cm³/mol. The summed E-state index contributed by atoms with van der Waals surface area (Å²) in [6.07, 6.45) is 2.65. The fourth-order valence-corrected chi connectivity index (χ4v) is 4.39. The second-order valence-corrected chi connectivity index (χ2v) is 8.65. The van der Waals surface area contributed by atoms with Crippen molar-refractivity contribution in [3.63, 3.8) is 0 Å². The molecule has 1 N–H and O–H groups in total. The smallest absolute Gasteiger partial charge is 0.360 e. The number of rotatable bonds is 8. The van der Waals surface area contributed by atoms with Gasteiger partial charge in [0, 0.05) is 24.7 Å². The summed E-state index contributed by atoms with van der Waals surface area (Å²) in [5.41, 5.74) is 1.91. The molecule has 34 heavy (non-hydrogen) atoms. The molecule has 4 rings (SSSR count). The number of halogens is 2. The molecular weight excluding hydrogens is 461 g/mol. The van der Waals surface area contributed by atoms with Gasteiger partial charge in [0.2, 0.25) is 5.91 Å². The second-order valence-electron chi connectivity index (χ2n) is 8.21. The molecule has 0 radical (unpaired) electrons. The molecule has 1 aliphatic heterocycles. The number of hydrogen-bond acceptors (Lipinski definition) is 6. The molecule has 1 aromatic heterocycles. The Kier molecular flexibility index (Phi) is 7.54. The summed E-state index contributed by atoms with van der Waals surface area (Å²) >= 11 is 6.04. The molecule has 0 aliphatic carbocycles. The lowest BCUT2D eigenvalue weighted by atomic mass is 10.1. The van der Waals surface area contributed by atoms with Crippen LogP contribution in [0.3, 0.4) is 0 Å². The SMILES string of the molecule is COC(=O)c1cn([C@H]2C[C@@H](C(=O)NCCc3cccc(Cl)c3)N(Cc3cccc(F)c3)C2)nn1. The highest BCUT2D eigenvalue weighted by Gasteiger charge is 2.38. The Bertz CT molecular complexity index is 1170. The summed E-state index contributed by atoms with van der Waals surface area (Å²) < 4.78 is 20.0. The lowest BCUT2D eigenvalue weighted by molar-refractivity contribution is -0.125. The second kappa shape index (κ2) is 10.8. The Labute approximate surface area is 201 Å². The van der Waals surface area contributed by atoms with Crippen molar-refractivity contribution in [2.45, 2.75) is 31.5 Å². The van der Waals surface area contributed by atoms with E-state index in [1.54, 1.807) is 10.7 Å². The number of ether oxygens (including phenoxy) is 1. The molecule has 1 aliphatic rings. The van der Waals surface area contributed by atoms with E-state index in [1.165, 1.54) is 25.4 Å². The van der Waals surface area contributed by atoms with Gasteiger partial charge in [0.05, 0.1) is 25.4 Å². The standard InChI is InChI=1S/C24H25ClFN5O3/c1-34-24(33)21-15-31(29-28-21)20-12-22(30(14-20)13-17-5-3-7-19(26)11-17)23(32)27-9-8-16-4-2-6-18(25)10-16/h2-7,10-11,15,20,22H,8-9,12-14H2,1H3,(H,27,32)/t20-,22-/m0/s1. The zero-order chi connectivity index (χ0) is 24.1. The van der Waals surface area contributed by atoms with Crippen molar-refractivity contribution in [1.29, 1.82) is 0 Å². The highest BCUT2D eigenvalue weighted by molar-refractivity contribution is 6.30. The molecule has 8 nitrogen and oxygen atoms in total. The van der Waals surface area contributed by atoms with Crippen molar-refractivity contribution in [3.05, 3.63) is 82.4 Å². The normalized spacial score (nSPS) is 18.1. The first kappa shape index (κ1) is 23.8. The maximum Gasteiger partial charge on any atom is 0.360 e. The number of carbonyl (C=O) groups excluding carboxylic acids is 2. The van der Waals surface area contributed by atoms with Gasteiger partial charge in [0.25, 0.3) is 0 Å². The zero-order valence-corrected chi connectivity index (χ0v) is 19.4. The van der Waals surface area contributed by atoms with Crippen LogP contribution in [0.1, 0.15) is 34.1 Å². The summed E-state index contributed by atoms with van der Waals surface area (Å²) in [5.74, 6) is -1.01. The van der Waals surface area contributed by atoms with Gasteiger partial charge < -0.3 is 10.1 Å². The van der Waals surface area contributed by atoms with Crippen LogP contribution >= 0.6 is 11.6 Å². The van der Waals surface area contributed by atoms with Gasteiger partial charge in [-0.3, -0.25) is 9.69 Å². The summed E-state index contributed by atoms with van der Waals surface area (Å²) in [6, 6.07) is 13.2. The largest absolute Gasteiger partial charge is 0.464 e. The molecular formula is C24H25ClFN5O3. The van der Waals surface area contributed by atoms with Gasteiger partial charge in [-0.2, -0.15) is 0 Å². The van der Waals surface area contributed by atoms with E-state index in [0.717, 1.165) is 11.1 Å². The molecule has 3 aromatic rings. The van der Waals surface area contributed by atoms with Crippen LogP contribution in [0.15, 0.2) is 54.7 Å². The van der Waals surface area contributed by atoms with Crippen molar-refractivity contribution in [1.82, 2.24) is 25.2 Å². The van der Waals surface area contributed by atoms with Gasteiger partial charge in [0.1, 0.15) is 5.82 Å². The Morgan fingerprint density at radius 2 is 2.00 bits per heavy atom. The number of carbonyl (C=O) groups is 2. The Morgan fingerprint density at radius 1 is 1.21 bits per heavy atom. The Balaban J connectivity index is 1.46. The molecule has 0 saturated carbocycles. The van der Waals surface area contributed by atoms with Crippen LogP contribution in [-0.2, 0) is 22.5 Å². The van der Waals surface area contributed by atoms with E-state index in [9.17, 15) is 14.0 Å². The van der Waals surface area contributed by atoms with Crippen LogP contribution in [0.5, 0.6) is 0 Å². The summed E-state index contributed by atoms with van der Waals surface area (Å²) in [5, 5.41) is 11.6. The average molecular weight is 486 g/mol. The van der Waals surface area contributed by atoms with E-state index in [1.807, 2.05) is 35.2 Å². The van der Waals surface area contributed by atoms with Gasteiger partial charge >= 0.3 is 5.97 Å². The van der Waals surface area contributed by atoms with Gasteiger partial charge in [-0.15, -0.1) is 5.10 Å². The molecule has 1 saturated heterocycles. The lowest BCUT2D eigenvalue weighted by Crippen LogP contribution is -2.43. The predicted octanol–water partition coefficient (Wildman–Crippen LogP) is 3.03. The Hall–Kier alpha value is -3.30. The van der Waals surface area contributed by atoms with Crippen molar-refractivity contribution in [2.24, 2.45) is 0 Å². The topological polar surface area (TPSA) is 89.4 Å². The van der Waals surface area contributed by atoms with Crippen LogP contribution in [0.4, 0.5) is 4.39 Å². The fourth-order valence-electron chi connectivity index (χ4n) is 4.18. The van der Waals surface area contributed by atoms with Crippen LogP contribution in [0.25, 0.3) is 0 Å². The molecule has 1 amide bonds. The average Bonchev–Trinajstić information content (AvgIpc) is 3.46. The number of nitrogens with one attached hydrogen (secondary N) is 1. The van der Waals surface area contributed by atoms with E-state index >= 15 is 0 Å². The zero-order valence-electron chi connectivity index (χ0n) is 18.7. The van der Waals surface area contributed by atoms with Gasteiger partial charge in [-0.05, 0) is 48.2 Å². The summed E-state index contributed by atoms with van der Waals surface area (Å²) in [7, 11) is 1.28. The number of likely N-dealkylation sites (tertiary alicyclic amines) is 1. The number of amides is 1. The minimum atomic E-state index is -0.573. The van der Waals surface area contributed by atoms with E-state index < -0.39 is 12.0 Å². The first-order valence-electron chi connectivity index (χ1n) is 10.9. The monoisotopic (exact) mass is 485 g/mol. The van der Waals surface area contributed by atoms with Crippen molar-refractivity contribution < 1.29 is 18.7 Å². The van der Waals surface area contributed by atoms with Crippen LogP contribution in [0.2, 0.25) is 5.02 Å². The third kappa shape index (κ3) is 5.78. The quantitative estimate of drug-likeness (QED) is 0.493. The third-order valence-corrected chi connectivity index (χ3v) is 6.07. The minimum absolute atomic E-state index is 0.105. The number of hydrogen-bond donors (Lipinski definition) is 1. The fraction of sp³-hybridized carbons (Fsp3) is 0.333. The van der Waals surface area contributed by atoms with Crippen LogP contribution in [-0.4, -0.2) is 58.0 Å². The highest BCUT2D eigenvalue weighted by atomic mass is 35.5. The Morgan fingerprint density at radius 3 is 2.76 bits per heavy atom. The first-order chi connectivity index (χ1) is 16.4. The van der Waals surface area contributed by atoms with Crippen LogP contribution in [0, 0.1) is 5.82 Å². The lowest BCUT2D eigenvalue weighted by Gasteiger charge is -2.23. The molecule has 1 fully saturated rings. The maximum atomic E-state index is 13.7. The third-order valence-electron chi connectivity index (χ3n) is 5.84. The number of methoxy groups -OCH3 is 1. The summed E-state index contributed by atoms with van der Waals surface area (Å²) in [6.45, 7) is 1.36.